The zero-order valence-electron chi connectivity index (χ0n) is 10.5. The quantitative estimate of drug-likeness (QED) is 0.916. The van der Waals surface area contributed by atoms with E-state index in [1.165, 1.54) is 18.2 Å². The van der Waals surface area contributed by atoms with Crippen molar-refractivity contribution in [2.75, 3.05) is 11.9 Å². The lowest BCUT2D eigenvalue weighted by molar-refractivity contribution is 0.0697. The summed E-state index contributed by atoms with van der Waals surface area (Å²) in [5.74, 6) is -1.49. The maximum atomic E-state index is 13.8. The van der Waals surface area contributed by atoms with Crippen LogP contribution in [-0.2, 0) is 6.54 Å². The maximum absolute atomic E-state index is 13.8. The summed E-state index contributed by atoms with van der Waals surface area (Å²) in [7, 11) is 1.73. The third-order valence-corrected chi connectivity index (χ3v) is 2.87. The fourth-order valence-corrected chi connectivity index (χ4v) is 1.88. The number of aromatic carboxylic acids is 1. The highest BCUT2D eigenvalue weighted by atomic mass is 19.1. The number of anilines is 1. The molecule has 0 bridgehead atoms. The van der Waals surface area contributed by atoms with E-state index < -0.39 is 11.8 Å². The highest BCUT2D eigenvalue weighted by molar-refractivity contribution is 5.88. The lowest BCUT2D eigenvalue weighted by Gasteiger charge is -2.20. The molecule has 19 heavy (non-hydrogen) atoms. The second-order valence-corrected chi connectivity index (χ2v) is 4.31. The number of hydrogen-bond donors (Lipinski definition) is 1. The monoisotopic (exact) mass is 259 g/mol. The molecule has 3 nitrogen and oxygen atoms in total. The minimum Gasteiger partial charge on any atom is -0.478 e. The van der Waals surface area contributed by atoms with Gasteiger partial charge >= 0.3 is 5.97 Å². The first kappa shape index (κ1) is 13.1. The van der Waals surface area contributed by atoms with Crippen molar-refractivity contribution in [1.29, 1.82) is 0 Å². The van der Waals surface area contributed by atoms with Crippen molar-refractivity contribution in [3.63, 3.8) is 0 Å². The maximum Gasteiger partial charge on any atom is 0.335 e. The summed E-state index contributed by atoms with van der Waals surface area (Å²) in [6, 6.07) is 13.4. The molecule has 0 heterocycles. The van der Waals surface area contributed by atoms with Gasteiger partial charge in [-0.1, -0.05) is 30.3 Å². The van der Waals surface area contributed by atoms with Crippen LogP contribution in [0.5, 0.6) is 0 Å². The van der Waals surface area contributed by atoms with Crippen LogP contribution in [0.1, 0.15) is 15.9 Å². The minimum absolute atomic E-state index is 0.0799. The predicted molar refractivity (Wildman–Crippen MR) is 71.9 cm³/mol. The lowest BCUT2D eigenvalue weighted by Crippen LogP contribution is -2.18. The Balaban J connectivity index is 2.25. The Labute approximate surface area is 110 Å². The molecular formula is C15H14FNO2. The van der Waals surface area contributed by atoms with E-state index in [2.05, 4.69) is 0 Å². The molecule has 0 amide bonds. The number of carboxylic acid groups (broad SMARTS) is 1. The van der Waals surface area contributed by atoms with Crippen LogP contribution in [-0.4, -0.2) is 18.1 Å². The van der Waals surface area contributed by atoms with Gasteiger partial charge < -0.3 is 10.0 Å². The van der Waals surface area contributed by atoms with Crippen LogP contribution >= 0.6 is 0 Å². The molecule has 0 aliphatic carbocycles. The fraction of sp³-hybridized carbons (Fsp3) is 0.133. The van der Waals surface area contributed by atoms with Crippen LogP contribution in [0.4, 0.5) is 10.1 Å². The second kappa shape index (κ2) is 5.52. The second-order valence-electron chi connectivity index (χ2n) is 4.31. The summed E-state index contributed by atoms with van der Waals surface area (Å²) in [6.07, 6.45) is 0. The van der Waals surface area contributed by atoms with Crippen LogP contribution in [0.25, 0.3) is 0 Å². The molecule has 4 heteroatoms. The summed E-state index contributed by atoms with van der Waals surface area (Å²) >= 11 is 0. The van der Waals surface area contributed by atoms with Crippen LogP contribution in [0.2, 0.25) is 0 Å². The molecule has 2 aromatic carbocycles. The molecular weight excluding hydrogens is 245 g/mol. The molecule has 0 aliphatic heterocycles. The van der Waals surface area contributed by atoms with Crippen LogP contribution in [0.3, 0.4) is 0 Å². The van der Waals surface area contributed by atoms with E-state index >= 15 is 0 Å². The number of carboxylic acids is 1. The Hall–Kier alpha value is -2.36. The van der Waals surface area contributed by atoms with Gasteiger partial charge in [-0.3, -0.25) is 0 Å². The number of halogens is 1. The van der Waals surface area contributed by atoms with E-state index in [0.717, 1.165) is 5.56 Å². The van der Waals surface area contributed by atoms with E-state index in [9.17, 15) is 9.18 Å². The average Bonchev–Trinajstić information content (AvgIpc) is 2.40. The van der Waals surface area contributed by atoms with Crippen molar-refractivity contribution in [3.8, 4) is 0 Å². The van der Waals surface area contributed by atoms with Gasteiger partial charge in [0.15, 0.2) is 0 Å². The van der Waals surface area contributed by atoms with Gasteiger partial charge in [0.1, 0.15) is 5.82 Å². The Kier molecular flexibility index (Phi) is 3.80. The standard InChI is InChI=1S/C15H14FNO2/c1-17(10-11-5-3-2-4-6-11)14-9-12(15(18)19)7-8-13(14)16/h2-9H,10H2,1H3,(H,18,19). The van der Waals surface area contributed by atoms with Gasteiger partial charge in [0.2, 0.25) is 0 Å². The van der Waals surface area contributed by atoms with Crippen LogP contribution in [0.15, 0.2) is 48.5 Å². The number of benzene rings is 2. The molecule has 0 radical (unpaired) electrons. The predicted octanol–water partition coefficient (Wildman–Crippen LogP) is 3.16. The largest absolute Gasteiger partial charge is 0.478 e. The summed E-state index contributed by atoms with van der Waals surface area (Å²) in [5, 5.41) is 8.93. The van der Waals surface area contributed by atoms with E-state index in [-0.39, 0.29) is 11.3 Å². The number of carbonyl (C=O) groups is 1. The molecule has 0 unspecified atom stereocenters. The first-order valence-electron chi connectivity index (χ1n) is 5.86. The number of rotatable bonds is 4. The molecule has 0 spiro atoms. The summed E-state index contributed by atoms with van der Waals surface area (Å²) in [6.45, 7) is 0.515. The van der Waals surface area contributed by atoms with Crippen LogP contribution < -0.4 is 4.90 Å². The Morgan fingerprint density at radius 2 is 1.89 bits per heavy atom. The fourth-order valence-electron chi connectivity index (χ4n) is 1.88. The molecule has 2 rings (SSSR count). The normalized spacial score (nSPS) is 10.2. The molecule has 0 fully saturated rings. The zero-order chi connectivity index (χ0) is 13.8. The molecule has 0 aromatic heterocycles. The number of nitrogens with zero attached hydrogens (tertiary/aromatic N) is 1. The van der Waals surface area contributed by atoms with E-state index in [0.29, 0.717) is 6.54 Å². The van der Waals surface area contributed by atoms with E-state index in [4.69, 9.17) is 5.11 Å². The van der Waals surface area contributed by atoms with Gasteiger partial charge in [-0.25, -0.2) is 9.18 Å². The van der Waals surface area contributed by atoms with Crippen molar-refractivity contribution in [1.82, 2.24) is 0 Å². The summed E-state index contributed by atoms with van der Waals surface area (Å²) in [4.78, 5) is 12.6. The Morgan fingerprint density at radius 1 is 1.21 bits per heavy atom. The summed E-state index contributed by atoms with van der Waals surface area (Å²) in [5.41, 5.74) is 1.39. The molecule has 0 saturated carbocycles. The first-order valence-corrected chi connectivity index (χ1v) is 5.86. The number of hydrogen-bond acceptors (Lipinski definition) is 2. The Morgan fingerprint density at radius 3 is 2.53 bits per heavy atom. The molecule has 0 aliphatic rings. The van der Waals surface area contributed by atoms with Crippen molar-refractivity contribution < 1.29 is 14.3 Å². The van der Waals surface area contributed by atoms with Gasteiger partial charge in [-0.15, -0.1) is 0 Å². The molecule has 0 atom stereocenters. The van der Waals surface area contributed by atoms with Gasteiger partial charge in [-0.05, 0) is 23.8 Å². The first-order chi connectivity index (χ1) is 9.08. The molecule has 0 saturated heterocycles. The minimum atomic E-state index is -1.06. The highest BCUT2D eigenvalue weighted by Gasteiger charge is 2.12. The summed E-state index contributed by atoms with van der Waals surface area (Å²) < 4.78 is 13.8. The zero-order valence-corrected chi connectivity index (χ0v) is 10.5. The Bertz CT molecular complexity index is 584. The molecule has 98 valence electrons. The van der Waals surface area contributed by atoms with Gasteiger partial charge in [0.05, 0.1) is 11.3 Å². The van der Waals surface area contributed by atoms with Gasteiger partial charge in [-0.2, -0.15) is 0 Å². The SMILES string of the molecule is CN(Cc1ccccc1)c1cc(C(=O)O)ccc1F. The average molecular weight is 259 g/mol. The van der Waals surface area contributed by atoms with E-state index in [1.807, 2.05) is 30.3 Å². The van der Waals surface area contributed by atoms with Crippen LogP contribution in [0, 0.1) is 5.82 Å². The smallest absolute Gasteiger partial charge is 0.335 e. The van der Waals surface area contributed by atoms with Gasteiger partial charge in [0.25, 0.3) is 0 Å². The van der Waals surface area contributed by atoms with Gasteiger partial charge in [0, 0.05) is 13.6 Å². The molecule has 2 aromatic rings. The van der Waals surface area contributed by atoms with E-state index in [1.54, 1.807) is 11.9 Å². The van der Waals surface area contributed by atoms with Crippen molar-refractivity contribution in [2.45, 2.75) is 6.54 Å². The third-order valence-electron chi connectivity index (χ3n) is 2.87. The van der Waals surface area contributed by atoms with Crippen molar-refractivity contribution in [2.24, 2.45) is 0 Å². The topological polar surface area (TPSA) is 40.5 Å². The highest BCUT2D eigenvalue weighted by Crippen LogP contribution is 2.21. The molecule has 1 N–H and O–H groups in total. The third kappa shape index (κ3) is 3.10. The lowest BCUT2D eigenvalue weighted by atomic mass is 10.1. The van der Waals surface area contributed by atoms with Crippen molar-refractivity contribution >= 4 is 11.7 Å². The van der Waals surface area contributed by atoms with Crippen molar-refractivity contribution in [3.05, 3.63) is 65.5 Å².